The molecular weight excluding hydrogens is 492 g/mol. The van der Waals surface area contributed by atoms with Crippen molar-refractivity contribution in [1.29, 1.82) is 0 Å². The molecule has 0 radical (unpaired) electrons. The lowest BCUT2D eigenvalue weighted by molar-refractivity contribution is -0.155. The van der Waals surface area contributed by atoms with Crippen LogP contribution in [0.5, 0.6) is 0 Å². The molecule has 0 spiro atoms. The molecule has 7 nitrogen and oxygen atoms in total. The first-order chi connectivity index (χ1) is 19.0. The van der Waals surface area contributed by atoms with E-state index in [1.165, 1.54) is 5.56 Å². The normalized spacial score (nSPS) is 12.3. The summed E-state index contributed by atoms with van der Waals surface area (Å²) >= 11 is 0. The third-order valence-corrected chi connectivity index (χ3v) is 6.36. The molecule has 0 saturated carbocycles. The van der Waals surface area contributed by atoms with Gasteiger partial charge >= 0.3 is 5.97 Å². The number of rotatable bonds is 14. The lowest BCUT2D eigenvalue weighted by Crippen LogP contribution is -2.10. The number of carboxylic acids is 1. The van der Waals surface area contributed by atoms with Crippen molar-refractivity contribution in [2.45, 2.75) is 58.8 Å². The summed E-state index contributed by atoms with van der Waals surface area (Å²) in [4.78, 5) is 21.6. The number of aromatic nitrogens is 1. The number of carboxylic acid groups (broad SMARTS) is 1. The van der Waals surface area contributed by atoms with Crippen LogP contribution < -0.4 is 0 Å². The first kappa shape index (κ1) is 27.8. The van der Waals surface area contributed by atoms with Gasteiger partial charge in [-0.15, -0.1) is 0 Å². The predicted molar refractivity (Wildman–Crippen MR) is 150 cm³/mol. The van der Waals surface area contributed by atoms with Crippen molar-refractivity contribution in [1.82, 2.24) is 4.98 Å². The number of unbranched alkanes of at least 4 members (excludes halogenated alkanes) is 1. The molecule has 1 aromatic heterocycles. The highest BCUT2D eigenvalue weighted by atomic mass is 16.8. The lowest BCUT2D eigenvalue weighted by Gasteiger charge is -2.17. The van der Waals surface area contributed by atoms with Gasteiger partial charge in [0.25, 0.3) is 6.29 Å². The molecule has 1 unspecified atom stereocenters. The summed E-state index contributed by atoms with van der Waals surface area (Å²) in [5.74, 6) is 0.426. The molecule has 4 rings (SSSR count). The molecule has 0 amide bonds. The van der Waals surface area contributed by atoms with Gasteiger partial charge in [0.2, 0.25) is 5.89 Å². The SMILES string of the molecule is CCc1ccc(C(OCc2nc(-c3ccccc3)oc2C)O/N=C(\CCCCC(=O)O)c2ccccc2)cc1. The average Bonchev–Trinajstić information content (AvgIpc) is 3.35. The maximum atomic E-state index is 10.9. The second-order valence-electron chi connectivity index (χ2n) is 9.24. The zero-order valence-corrected chi connectivity index (χ0v) is 22.4. The third-order valence-electron chi connectivity index (χ3n) is 6.36. The Hall–Kier alpha value is -4.23. The number of hydrogen-bond acceptors (Lipinski definition) is 6. The van der Waals surface area contributed by atoms with Crippen LogP contribution in [0.15, 0.2) is 94.5 Å². The minimum Gasteiger partial charge on any atom is -0.481 e. The zero-order chi connectivity index (χ0) is 27.5. The van der Waals surface area contributed by atoms with Crippen LogP contribution in [0, 0.1) is 6.92 Å². The average molecular weight is 527 g/mol. The number of nitrogens with zero attached hydrogens (tertiary/aromatic N) is 2. The Kier molecular flexibility index (Phi) is 10.0. The fraction of sp³-hybridized carbons (Fsp3) is 0.281. The number of oxazole rings is 1. The van der Waals surface area contributed by atoms with E-state index in [4.69, 9.17) is 19.1 Å². The topological polar surface area (TPSA) is 94.2 Å². The van der Waals surface area contributed by atoms with E-state index in [-0.39, 0.29) is 13.0 Å². The quantitative estimate of drug-likeness (QED) is 0.0791. The second-order valence-corrected chi connectivity index (χ2v) is 9.24. The molecule has 0 saturated heterocycles. The molecule has 39 heavy (non-hydrogen) atoms. The van der Waals surface area contributed by atoms with Crippen LogP contribution in [0.3, 0.4) is 0 Å². The van der Waals surface area contributed by atoms with E-state index < -0.39 is 12.3 Å². The van der Waals surface area contributed by atoms with E-state index in [0.29, 0.717) is 36.6 Å². The first-order valence-electron chi connectivity index (χ1n) is 13.3. The summed E-state index contributed by atoms with van der Waals surface area (Å²) in [5.41, 5.74) is 5.29. The number of oxime groups is 1. The molecule has 202 valence electrons. The van der Waals surface area contributed by atoms with Crippen molar-refractivity contribution in [2.24, 2.45) is 5.16 Å². The Balaban J connectivity index is 1.54. The van der Waals surface area contributed by atoms with Gasteiger partial charge in [0.1, 0.15) is 11.5 Å². The highest BCUT2D eigenvalue weighted by Gasteiger charge is 2.18. The molecule has 0 fully saturated rings. The number of ether oxygens (including phenoxy) is 1. The van der Waals surface area contributed by atoms with Gasteiger partial charge < -0.3 is 19.1 Å². The number of benzene rings is 3. The summed E-state index contributed by atoms with van der Waals surface area (Å²) in [7, 11) is 0. The van der Waals surface area contributed by atoms with Crippen molar-refractivity contribution >= 4 is 11.7 Å². The Morgan fingerprint density at radius 2 is 1.62 bits per heavy atom. The summed E-state index contributed by atoms with van der Waals surface area (Å²) in [5, 5.41) is 13.5. The van der Waals surface area contributed by atoms with Crippen LogP contribution in [0.4, 0.5) is 0 Å². The van der Waals surface area contributed by atoms with Gasteiger partial charge in [0, 0.05) is 17.5 Å². The predicted octanol–water partition coefficient (Wildman–Crippen LogP) is 7.49. The van der Waals surface area contributed by atoms with Crippen molar-refractivity contribution in [3.8, 4) is 11.5 Å². The summed E-state index contributed by atoms with van der Waals surface area (Å²) < 4.78 is 12.1. The monoisotopic (exact) mass is 526 g/mol. The van der Waals surface area contributed by atoms with E-state index in [1.807, 2.05) is 79.7 Å². The van der Waals surface area contributed by atoms with Gasteiger partial charge in [0.05, 0.1) is 12.3 Å². The first-order valence-corrected chi connectivity index (χ1v) is 13.3. The summed E-state index contributed by atoms with van der Waals surface area (Å²) in [6, 6.07) is 27.6. The maximum absolute atomic E-state index is 10.9. The van der Waals surface area contributed by atoms with Gasteiger partial charge in [-0.05, 0) is 55.9 Å². The fourth-order valence-corrected chi connectivity index (χ4v) is 4.07. The molecule has 0 bridgehead atoms. The van der Waals surface area contributed by atoms with E-state index >= 15 is 0 Å². The highest BCUT2D eigenvalue weighted by Crippen LogP contribution is 2.26. The molecule has 1 heterocycles. The highest BCUT2D eigenvalue weighted by molar-refractivity contribution is 6.00. The van der Waals surface area contributed by atoms with E-state index in [1.54, 1.807) is 0 Å². The molecule has 0 aliphatic heterocycles. The van der Waals surface area contributed by atoms with Crippen LogP contribution in [0.25, 0.3) is 11.5 Å². The smallest absolute Gasteiger partial charge is 0.303 e. The standard InChI is InChI=1S/C32H34N2O5/c1-3-24-18-20-27(21-19-24)32(37-22-29-23(2)38-31(33-29)26-14-8-5-9-15-26)39-34-28(16-10-11-17-30(35)36)25-12-6-4-7-13-25/h4-9,12-15,18-21,32H,3,10-11,16-17,22H2,1-2H3,(H,35,36)/b34-28+. The number of aryl methyl sites for hydroxylation is 2. The van der Waals surface area contributed by atoms with Gasteiger partial charge in [-0.1, -0.05) is 84.9 Å². The minimum absolute atomic E-state index is 0.125. The molecule has 7 heteroatoms. The van der Waals surface area contributed by atoms with E-state index in [9.17, 15) is 4.79 Å². The molecule has 1 N–H and O–H groups in total. The number of aliphatic carboxylic acids is 1. The van der Waals surface area contributed by atoms with Crippen LogP contribution in [-0.2, 0) is 27.4 Å². The van der Waals surface area contributed by atoms with Crippen molar-refractivity contribution in [3.63, 3.8) is 0 Å². The third kappa shape index (κ3) is 8.12. The van der Waals surface area contributed by atoms with Crippen molar-refractivity contribution in [3.05, 3.63) is 113 Å². The Morgan fingerprint density at radius 1 is 0.949 bits per heavy atom. The van der Waals surface area contributed by atoms with Crippen LogP contribution in [0.2, 0.25) is 0 Å². The van der Waals surface area contributed by atoms with Crippen molar-refractivity contribution < 1.29 is 23.9 Å². The van der Waals surface area contributed by atoms with Gasteiger partial charge in [-0.3, -0.25) is 4.79 Å². The molecule has 4 aromatic rings. The Labute approximate surface area is 229 Å². The second kappa shape index (κ2) is 14.1. The summed E-state index contributed by atoms with van der Waals surface area (Å²) in [6.07, 6.45) is 2.11. The Morgan fingerprint density at radius 3 is 2.28 bits per heavy atom. The van der Waals surface area contributed by atoms with E-state index in [0.717, 1.165) is 28.8 Å². The van der Waals surface area contributed by atoms with Gasteiger partial charge in [-0.2, -0.15) is 0 Å². The molecule has 3 aromatic carbocycles. The largest absolute Gasteiger partial charge is 0.481 e. The van der Waals surface area contributed by atoms with Gasteiger partial charge in [-0.25, -0.2) is 4.98 Å². The minimum atomic E-state index is -0.799. The van der Waals surface area contributed by atoms with Crippen LogP contribution in [0.1, 0.15) is 67.0 Å². The van der Waals surface area contributed by atoms with Crippen molar-refractivity contribution in [2.75, 3.05) is 0 Å². The van der Waals surface area contributed by atoms with E-state index in [2.05, 4.69) is 29.2 Å². The molecule has 0 aliphatic rings. The molecule has 1 atom stereocenters. The molecule has 0 aliphatic carbocycles. The Bertz CT molecular complexity index is 1350. The van der Waals surface area contributed by atoms with Gasteiger partial charge in [0.15, 0.2) is 0 Å². The van der Waals surface area contributed by atoms with Crippen LogP contribution >= 0.6 is 0 Å². The lowest BCUT2D eigenvalue weighted by atomic mass is 10.0. The summed E-state index contributed by atoms with van der Waals surface area (Å²) in [6.45, 7) is 4.15. The number of carbonyl (C=O) groups is 1. The van der Waals surface area contributed by atoms with Crippen LogP contribution in [-0.4, -0.2) is 21.8 Å². The number of hydrogen-bond donors (Lipinski definition) is 1. The fourth-order valence-electron chi connectivity index (χ4n) is 4.07. The molecular formula is C32H34N2O5. The zero-order valence-electron chi connectivity index (χ0n) is 22.4. The maximum Gasteiger partial charge on any atom is 0.303 e.